The summed E-state index contributed by atoms with van der Waals surface area (Å²) >= 11 is 2.59. The number of nitrogen functional groups attached to an aromatic ring is 1. The second kappa shape index (κ2) is 9.11. The highest BCUT2D eigenvalue weighted by Crippen LogP contribution is 2.34. The lowest BCUT2D eigenvalue weighted by Crippen LogP contribution is -2.10. The molecule has 33 heavy (non-hydrogen) atoms. The van der Waals surface area contributed by atoms with Crippen molar-refractivity contribution in [1.29, 1.82) is 0 Å². The van der Waals surface area contributed by atoms with Gasteiger partial charge in [-0.1, -0.05) is 44.7 Å². The van der Waals surface area contributed by atoms with Gasteiger partial charge in [0.05, 0.1) is 17.7 Å². The highest BCUT2D eigenvalue weighted by molar-refractivity contribution is 7.98. The summed E-state index contributed by atoms with van der Waals surface area (Å²) in [6, 6.07) is 8.12. The van der Waals surface area contributed by atoms with Gasteiger partial charge in [-0.3, -0.25) is 0 Å². The lowest BCUT2D eigenvalue weighted by Gasteiger charge is -2.18. The second-order valence-corrected chi connectivity index (χ2v) is 10.4. The van der Waals surface area contributed by atoms with Crippen LogP contribution in [-0.2, 0) is 15.9 Å². The fourth-order valence-electron chi connectivity index (χ4n) is 3.30. The predicted molar refractivity (Wildman–Crippen MR) is 131 cm³/mol. The number of ether oxygens (including phenoxy) is 1. The zero-order chi connectivity index (χ0) is 23.8. The molecular formula is C23H25N5O3S2. The zero-order valence-electron chi connectivity index (χ0n) is 19.1. The van der Waals surface area contributed by atoms with Gasteiger partial charge in [0, 0.05) is 5.56 Å². The van der Waals surface area contributed by atoms with E-state index in [2.05, 4.69) is 53.1 Å². The highest BCUT2D eigenvalue weighted by atomic mass is 32.2. The molecule has 4 aromatic rings. The van der Waals surface area contributed by atoms with Crippen LogP contribution < -0.4 is 5.73 Å². The SMILES string of the molecule is CCOC(=O)c1sc2nc(CSc3nnc(-c4ccc(C(C)(C)C)cc4)o3)nc(N)c2c1C. The number of thioether (sulfide) groups is 1. The number of fused-ring (bicyclic) bond motifs is 1. The second-order valence-electron chi connectivity index (χ2n) is 8.47. The van der Waals surface area contributed by atoms with E-state index in [1.807, 2.05) is 19.1 Å². The lowest BCUT2D eigenvalue weighted by atomic mass is 9.87. The number of thiophene rings is 1. The van der Waals surface area contributed by atoms with Crippen molar-refractivity contribution in [1.82, 2.24) is 20.2 Å². The van der Waals surface area contributed by atoms with Gasteiger partial charge in [0.1, 0.15) is 21.3 Å². The molecule has 0 aliphatic carbocycles. The molecule has 0 spiro atoms. The smallest absolute Gasteiger partial charge is 0.348 e. The minimum Gasteiger partial charge on any atom is -0.462 e. The third kappa shape index (κ3) is 4.86. The van der Waals surface area contributed by atoms with Crippen LogP contribution in [0.3, 0.4) is 0 Å². The van der Waals surface area contributed by atoms with Gasteiger partial charge in [0.25, 0.3) is 5.22 Å². The van der Waals surface area contributed by atoms with Crippen LogP contribution in [0.1, 0.15) is 54.3 Å². The van der Waals surface area contributed by atoms with Gasteiger partial charge >= 0.3 is 5.97 Å². The molecule has 8 nitrogen and oxygen atoms in total. The molecule has 0 aliphatic rings. The molecule has 0 bridgehead atoms. The Morgan fingerprint density at radius 2 is 1.91 bits per heavy atom. The number of rotatable bonds is 6. The van der Waals surface area contributed by atoms with Crippen molar-refractivity contribution >= 4 is 45.1 Å². The van der Waals surface area contributed by atoms with E-state index >= 15 is 0 Å². The molecule has 0 saturated carbocycles. The normalized spacial score (nSPS) is 11.8. The van der Waals surface area contributed by atoms with Gasteiger partial charge in [0.15, 0.2) is 0 Å². The molecule has 0 atom stereocenters. The molecular weight excluding hydrogens is 458 g/mol. The Balaban J connectivity index is 1.50. The lowest BCUT2D eigenvalue weighted by molar-refractivity contribution is 0.0531. The maximum absolute atomic E-state index is 12.2. The Hall–Kier alpha value is -2.98. The Morgan fingerprint density at radius 3 is 2.58 bits per heavy atom. The van der Waals surface area contributed by atoms with Crippen LogP contribution in [0, 0.1) is 6.92 Å². The average molecular weight is 484 g/mol. The van der Waals surface area contributed by atoms with Crippen molar-refractivity contribution in [3.63, 3.8) is 0 Å². The summed E-state index contributed by atoms with van der Waals surface area (Å²) in [5.41, 5.74) is 9.10. The number of benzene rings is 1. The van der Waals surface area contributed by atoms with E-state index < -0.39 is 0 Å². The van der Waals surface area contributed by atoms with E-state index in [1.54, 1.807) is 6.92 Å². The van der Waals surface area contributed by atoms with E-state index in [-0.39, 0.29) is 11.4 Å². The van der Waals surface area contributed by atoms with Crippen molar-refractivity contribution in [3.8, 4) is 11.5 Å². The summed E-state index contributed by atoms with van der Waals surface area (Å²) in [6.45, 7) is 10.4. The molecule has 1 aromatic carbocycles. The number of hydrogen-bond acceptors (Lipinski definition) is 10. The van der Waals surface area contributed by atoms with Crippen LogP contribution in [0.4, 0.5) is 5.82 Å². The Labute approximate surface area is 200 Å². The standard InChI is InChI=1S/C23H25N5O3S2/c1-6-30-21(29)17-12(2)16-18(24)25-15(26-20(16)33-17)11-32-22-28-27-19(31-22)13-7-9-14(10-8-13)23(3,4)5/h7-10H,6,11H2,1-5H3,(H2,24,25,26). The van der Waals surface area contributed by atoms with Gasteiger partial charge in [-0.25, -0.2) is 14.8 Å². The summed E-state index contributed by atoms with van der Waals surface area (Å²) in [6.07, 6.45) is 0. The van der Waals surface area contributed by atoms with Crippen molar-refractivity contribution in [3.05, 3.63) is 46.1 Å². The number of nitrogens with zero attached hydrogens (tertiary/aromatic N) is 4. The van der Waals surface area contributed by atoms with Crippen molar-refractivity contribution in [2.75, 3.05) is 12.3 Å². The van der Waals surface area contributed by atoms with Gasteiger partial charge < -0.3 is 14.9 Å². The summed E-state index contributed by atoms with van der Waals surface area (Å²) in [5.74, 6) is 1.35. The minimum absolute atomic E-state index is 0.0789. The van der Waals surface area contributed by atoms with Gasteiger partial charge in [-0.05, 0) is 42.5 Å². The molecule has 3 aromatic heterocycles. The third-order valence-electron chi connectivity index (χ3n) is 5.05. The van der Waals surface area contributed by atoms with E-state index in [0.717, 1.165) is 11.1 Å². The van der Waals surface area contributed by atoms with Crippen LogP contribution in [0.2, 0.25) is 0 Å². The summed E-state index contributed by atoms with van der Waals surface area (Å²) in [4.78, 5) is 22.3. The number of hydrogen-bond donors (Lipinski definition) is 1. The number of aryl methyl sites for hydroxylation is 1. The summed E-state index contributed by atoms with van der Waals surface area (Å²) in [7, 11) is 0. The maximum atomic E-state index is 12.2. The van der Waals surface area contributed by atoms with E-state index in [9.17, 15) is 4.79 Å². The molecule has 172 valence electrons. The Kier molecular flexibility index (Phi) is 6.40. The van der Waals surface area contributed by atoms with Crippen LogP contribution in [-0.4, -0.2) is 32.7 Å². The first-order valence-electron chi connectivity index (χ1n) is 10.5. The fraction of sp³-hybridized carbons (Fsp3) is 0.348. The van der Waals surface area contributed by atoms with Crippen LogP contribution in [0.5, 0.6) is 0 Å². The van der Waals surface area contributed by atoms with E-state index in [1.165, 1.54) is 28.7 Å². The van der Waals surface area contributed by atoms with Crippen molar-refractivity contribution in [2.45, 2.75) is 51.0 Å². The minimum atomic E-state index is -0.373. The fourth-order valence-corrected chi connectivity index (χ4v) is 5.02. The molecule has 4 rings (SSSR count). The number of aromatic nitrogens is 4. The van der Waals surface area contributed by atoms with Crippen LogP contribution in [0.25, 0.3) is 21.7 Å². The van der Waals surface area contributed by atoms with Gasteiger partial charge in [0.2, 0.25) is 5.89 Å². The molecule has 2 N–H and O–H groups in total. The van der Waals surface area contributed by atoms with Gasteiger partial charge in [-0.15, -0.1) is 21.5 Å². The first-order valence-corrected chi connectivity index (χ1v) is 12.3. The number of nitrogens with two attached hydrogens (primary N) is 1. The molecule has 0 saturated heterocycles. The number of carbonyl (C=O) groups excluding carboxylic acids is 1. The van der Waals surface area contributed by atoms with Crippen molar-refractivity contribution < 1.29 is 13.9 Å². The topological polar surface area (TPSA) is 117 Å². The third-order valence-corrected chi connectivity index (χ3v) is 7.03. The molecule has 0 fully saturated rings. The van der Waals surface area contributed by atoms with Crippen LogP contribution >= 0.6 is 23.1 Å². The molecule has 0 radical (unpaired) electrons. The maximum Gasteiger partial charge on any atom is 0.348 e. The number of anilines is 1. The predicted octanol–water partition coefficient (Wildman–Crippen LogP) is 5.40. The summed E-state index contributed by atoms with van der Waals surface area (Å²) in [5, 5.41) is 9.39. The number of carbonyl (C=O) groups is 1. The average Bonchev–Trinajstić information content (AvgIpc) is 3.37. The zero-order valence-corrected chi connectivity index (χ0v) is 20.8. The molecule has 0 unspecified atom stereocenters. The van der Waals surface area contributed by atoms with E-state index in [4.69, 9.17) is 14.9 Å². The van der Waals surface area contributed by atoms with Gasteiger partial charge in [-0.2, -0.15) is 0 Å². The molecule has 10 heteroatoms. The first kappa shape index (κ1) is 23.2. The molecule has 0 amide bonds. The molecule has 3 heterocycles. The summed E-state index contributed by atoms with van der Waals surface area (Å²) < 4.78 is 10.9. The largest absolute Gasteiger partial charge is 0.462 e. The highest BCUT2D eigenvalue weighted by Gasteiger charge is 2.21. The Morgan fingerprint density at radius 1 is 1.18 bits per heavy atom. The van der Waals surface area contributed by atoms with E-state index in [0.29, 0.717) is 50.2 Å². The first-order chi connectivity index (χ1) is 15.7. The Bertz CT molecular complexity index is 1310. The van der Waals surface area contributed by atoms with Crippen LogP contribution in [0.15, 0.2) is 33.9 Å². The molecule has 0 aliphatic heterocycles. The monoisotopic (exact) mass is 483 g/mol. The number of esters is 1. The van der Waals surface area contributed by atoms with Crippen molar-refractivity contribution in [2.24, 2.45) is 0 Å². The quantitative estimate of drug-likeness (QED) is 0.284.